The van der Waals surface area contributed by atoms with E-state index < -0.39 is 29.2 Å². The van der Waals surface area contributed by atoms with Gasteiger partial charge in [-0.15, -0.1) is 0 Å². The molecule has 0 saturated heterocycles. The van der Waals surface area contributed by atoms with Gasteiger partial charge in [-0.25, -0.2) is 9.78 Å². The van der Waals surface area contributed by atoms with E-state index in [1.165, 1.54) is 6.20 Å². The fourth-order valence-electron chi connectivity index (χ4n) is 1.95. The largest absolute Gasteiger partial charge is 0.444 e. The Kier molecular flexibility index (Phi) is 6.98. The first-order valence-electron chi connectivity index (χ1n) is 8.47. The second-order valence-electron chi connectivity index (χ2n) is 7.13. The molecule has 1 aromatic rings. The Morgan fingerprint density at radius 3 is 2.48 bits per heavy atom. The third-order valence-corrected chi connectivity index (χ3v) is 3.54. The molecule has 1 aromatic heterocycles. The fraction of sp³-hybridized carbons (Fsp3) is 0.706. The molecule has 1 rings (SSSR count). The number of nitrogens with one attached hydrogen (secondary N) is 2. The second-order valence-corrected chi connectivity index (χ2v) is 7.13. The highest BCUT2D eigenvalue weighted by atomic mass is 16.6. The zero-order valence-electron chi connectivity index (χ0n) is 15.8. The normalized spacial score (nSPS) is 15.2. The molecular weight excluding hydrogens is 326 g/mol. The predicted octanol–water partition coefficient (Wildman–Crippen LogP) is 2.92. The van der Waals surface area contributed by atoms with Gasteiger partial charge in [-0.1, -0.05) is 20.3 Å². The number of hydrogen-bond donors (Lipinski definition) is 3. The van der Waals surface area contributed by atoms with Crippen LogP contribution in [0.2, 0.25) is 0 Å². The number of aliphatic hydroxyl groups is 1. The molecule has 0 saturated carbocycles. The van der Waals surface area contributed by atoms with Crippen LogP contribution in [0.5, 0.6) is 0 Å². The molecule has 3 N–H and O–H groups in total. The third-order valence-electron chi connectivity index (χ3n) is 3.54. The van der Waals surface area contributed by atoms with Crippen molar-refractivity contribution < 1.29 is 23.8 Å². The average Bonchev–Trinajstić information content (AvgIpc) is 2.94. The maximum absolute atomic E-state index is 12.4. The molecule has 8 nitrogen and oxygen atoms in total. The molecule has 0 aliphatic heterocycles. The summed E-state index contributed by atoms with van der Waals surface area (Å²) in [5, 5.41) is 15.2. The number of hydrogen-bond acceptors (Lipinski definition) is 6. The first kappa shape index (κ1) is 21.0. The number of nitrogens with zero attached hydrogens (tertiary/aromatic N) is 1. The molecule has 0 radical (unpaired) electrons. The van der Waals surface area contributed by atoms with Crippen LogP contribution in [0.25, 0.3) is 0 Å². The second kappa shape index (κ2) is 8.33. The number of rotatable bonds is 7. The summed E-state index contributed by atoms with van der Waals surface area (Å²) in [6.45, 7) is 10.5. The monoisotopic (exact) mass is 355 g/mol. The van der Waals surface area contributed by atoms with Crippen LogP contribution in [-0.4, -0.2) is 33.7 Å². The standard InChI is InChI=1S/C17H29N3O5/c1-7-9-11(19-15(22)25-16(3,4)5)13(21)20-14-18-10-12(24-14)17(6,23)8-2/h10-11,23H,7-9H2,1-6H3,(H,19,22)(H,18,20,21)/t11-,17?/m0/s1. The van der Waals surface area contributed by atoms with Crippen LogP contribution >= 0.6 is 0 Å². The van der Waals surface area contributed by atoms with E-state index >= 15 is 0 Å². The van der Waals surface area contributed by atoms with Crippen LogP contribution in [0.4, 0.5) is 10.8 Å². The van der Waals surface area contributed by atoms with Gasteiger partial charge in [0.25, 0.3) is 5.91 Å². The lowest BCUT2D eigenvalue weighted by molar-refractivity contribution is -0.118. The van der Waals surface area contributed by atoms with Crippen molar-refractivity contribution in [3.63, 3.8) is 0 Å². The highest BCUT2D eigenvalue weighted by Crippen LogP contribution is 2.26. The number of amides is 2. The van der Waals surface area contributed by atoms with Gasteiger partial charge in [-0.05, 0) is 40.5 Å². The van der Waals surface area contributed by atoms with Crippen LogP contribution < -0.4 is 10.6 Å². The lowest BCUT2D eigenvalue weighted by Gasteiger charge is -2.22. The SMILES string of the molecule is CCC[C@H](NC(=O)OC(C)(C)C)C(=O)Nc1ncc(C(C)(O)CC)o1. The Morgan fingerprint density at radius 2 is 1.96 bits per heavy atom. The van der Waals surface area contributed by atoms with Crippen molar-refractivity contribution in [1.29, 1.82) is 0 Å². The van der Waals surface area contributed by atoms with Crippen molar-refractivity contribution in [3.05, 3.63) is 12.0 Å². The van der Waals surface area contributed by atoms with Crippen molar-refractivity contribution in [2.45, 2.75) is 78.0 Å². The van der Waals surface area contributed by atoms with E-state index in [0.717, 1.165) is 0 Å². The molecule has 0 aliphatic carbocycles. The lowest BCUT2D eigenvalue weighted by Crippen LogP contribution is -2.45. The van der Waals surface area contributed by atoms with Crippen LogP contribution in [0.15, 0.2) is 10.6 Å². The topological polar surface area (TPSA) is 114 Å². The smallest absolute Gasteiger partial charge is 0.408 e. The number of carbonyl (C=O) groups is 2. The van der Waals surface area contributed by atoms with Crippen LogP contribution in [0.1, 0.15) is 66.6 Å². The van der Waals surface area contributed by atoms with Crippen molar-refractivity contribution in [1.82, 2.24) is 10.3 Å². The molecule has 25 heavy (non-hydrogen) atoms. The molecular formula is C17H29N3O5. The molecule has 0 spiro atoms. The number of alkyl carbamates (subject to hydrolysis) is 1. The third kappa shape index (κ3) is 6.74. The molecule has 1 unspecified atom stereocenters. The fourth-order valence-corrected chi connectivity index (χ4v) is 1.95. The summed E-state index contributed by atoms with van der Waals surface area (Å²) < 4.78 is 10.6. The van der Waals surface area contributed by atoms with Gasteiger partial charge in [-0.3, -0.25) is 10.1 Å². The summed E-state index contributed by atoms with van der Waals surface area (Å²) in [7, 11) is 0. The van der Waals surface area contributed by atoms with Gasteiger partial charge < -0.3 is 19.6 Å². The van der Waals surface area contributed by atoms with E-state index in [1.807, 2.05) is 13.8 Å². The van der Waals surface area contributed by atoms with E-state index in [-0.39, 0.29) is 11.8 Å². The molecule has 2 amide bonds. The minimum Gasteiger partial charge on any atom is -0.444 e. The Hall–Kier alpha value is -2.09. The maximum Gasteiger partial charge on any atom is 0.408 e. The van der Waals surface area contributed by atoms with Gasteiger partial charge in [0.05, 0.1) is 6.20 Å². The Labute approximate surface area is 148 Å². The van der Waals surface area contributed by atoms with Crippen LogP contribution in [0, 0.1) is 0 Å². The Bertz CT molecular complexity index is 589. The molecule has 1 heterocycles. The molecule has 2 atom stereocenters. The minimum absolute atomic E-state index is 0.0270. The van der Waals surface area contributed by atoms with E-state index in [4.69, 9.17) is 9.15 Å². The zero-order chi connectivity index (χ0) is 19.3. The molecule has 0 aromatic carbocycles. The van der Waals surface area contributed by atoms with Crippen LogP contribution in [-0.2, 0) is 15.1 Å². The van der Waals surface area contributed by atoms with Crippen molar-refractivity contribution in [2.24, 2.45) is 0 Å². The van der Waals surface area contributed by atoms with Gasteiger partial charge in [0, 0.05) is 0 Å². The van der Waals surface area contributed by atoms with Crippen molar-refractivity contribution in [3.8, 4) is 0 Å². The summed E-state index contributed by atoms with van der Waals surface area (Å²) in [5.74, 6) is -0.199. The molecule has 0 fully saturated rings. The van der Waals surface area contributed by atoms with Gasteiger partial charge in [-0.2, -0.15) is 0 Å². The number of aromatic nitrogens is 1. The highest BCUT2D eigenvalue weighted by Gasteiger charge is 2.28. The first-order chi connectivity index (χ1) is 11.5. The number of ether oxygens (including phenoxy) is 1. The Morgan fingerprint density at radius 1 is 1.32 bits per heavy atom. The summed E-state index contributed by atoms with van der Waals surface area (Å²) in [5.41, 5.74) is -1.81. The molecule has 0 bridgehead atoms. The predicted molar refractivity (Wildman–Crippen MR) is 93.1 cm³/mol. The highest BCUT2D eigenvalue weighted by molar-refractivity contribution is 5.95. The van der Waals surface area contributed by atoms with Crippen LogP contribution in [0.3, 0.4) is 0 Å². The van der Waals surface area contributed by atoms with Crippen molar-refractivity contribution >= 4 is 18.0 Å². The van der Waals surface area contributed by atoms with Gasteiger partial charge >= 0.3 is 12.1 Å². The minimum atomic E-state index is -1.16. The van der Waals surface area contributed by atoms with E-state index in [0.29, 0.717) is 19.3 Å². The molecule has 142 valence electrons. The Balaban J connectivity index is 2.75. The van der Waals surface area contributed by atoms with E-state index in [1.54, 1.807) is 27.7 Å². The van der Waals surface area contributed by atoms with E-state index in [2.05, 4.69) is 15.6 Å². The number of anilines is 1. The summed E-state index contributed by atoms with van der Waals surface area (Å²) in [6.07, 6.45) is 2.27. The van der Waals surface area contributed by atoms with Crippen molar-refractivity contribution in [2.75, 3.05) is 5.32 Å². The van der Waals surface area contributed by atoms with E-state index in [9.17, 15) is 14.7 Å². The maximum atomic E-state index is 12.4. The first-order valence-corrected chi connectivity index (χ1v) is 8.47. The van der Waals surface area contributed by atoms with Gasteiger partial charge in [0.2, 0.25) is 0 Å². The summed E-state index contributed by atoms with van der Waals surface area (Å²) in [6, 6.07) is -0.803. The quantitative estimate of drug-likeness (QED) is 0.693. The number of oxazole rings is 1. The van der Waals surface area contributed by atoms with Gasteiger partial charge in [0.15, 0.2) is 5.76 Å². The zero-order valence-corrected chi connectivity index (χ0v) is 15.8. The number of carbonyl (C=O) groups excluding carboxylic acids is 2. The summed E-state index contributed by atoms with van der Waals surface area (Å²) >= 11 is 0. The summed E-state index contributed by atoms with van der Waals surface area (Å²) in [4.78, 5) is 28.2. The average molecular weight is 355 g/mol. The lowest BCUT2D eigenvalue weighted by atomic mass is 10.0. The molecule has 8 heteroatoms. The molecule has 0 aliphatic rings. The van der Waals surface area contributed by atoms with Gasteiger partial charge in [0.1, 0.15) is 17.2 Å².